The summed E-state index contributed by atoms with van der Waals surface area (Å²) in [5.74, 6) is 0.616. The molecule has 0 amide bonds. The molecule has 0 radical (unpaired) electrons. The number of rotatable bonds is 5. The molecule has 1 fully saturated rings. The number of aliphatic hydroxyl groups excluding tert-OH is 1. The Hall–Kier alpha value is -2.63. The normalized spacial score (nSPS) is 16.9. The van der Waals surface area contributed by atoms with Gasteiger partial charge >= 0.3 is 0 Å². The van der Waals surface area contributed by atoms with Crippen LogP contribution in [0.25, 0.3) is 0 Å². The minimum absolute atomic E-state index is 0.104. The van der Waals surface area contributed by atoms with E-state index >= 15 is 0 Å². The number of aromatic nitrogens is 3. The molecule has 1 unspecified atom stereocenters. The topological polar surface area (TPSA) is 118 Å². The fraction of sp³-hybridized carbons (Fsp3) is 0.333. The van der Waals surface area contributed by atoms with Crippen molar-refractivity contribution in [1.29, 1.82) is 0 Å². The first-order chi connectivity index (χ1) is 13.8. The summed E-state index contributed by atoms with van der Waals surface area (Å²) in [6.45, 7) is 2.41. The SMILES string of the molecule is Cc1ccsc1C(O)n1nc(N(C)c2ccc(N3CCCS3(=O)=O)cc2)nc1N. The molecule has 3 aromatic rings. The quantitative estimate of drug-likeness (QED) is 0.631. The van der Waals surface area contributed by atoms with Crippen molar-refractivity contribution < 1.29 is 13.5 Å². The van der Waals surface area contributed by atoms with Crippen LogP contribution in [0, 0.1) is 6.92 Å². The number of nitrogen functional groups attached to an aromatic ring is 1. The fourth-order valence-corrected chi connectivity index (χ4v) is 5.75. The van der Waals surface area contributed by atoms with Crippen molar-refractivity contribution in [3.8, 4) is 0 Å². The zero-order chi connectivity index (χ0) is 20.8. The molecule has 1 aromatic carbocycles. The number of thiophene rings is 1. The molecule has 3 heterocycles. The van der Waals surface area contributed by atoms with E-state index < -0.39 is 16.3 Å². The lowest BCUT2D eigenvalue weighted by Gasteiger charge is -2.19. The summed E-state index contributed by atoms with van der Waals surface area (Å²) in [7, 11) is -1.43. The number of hydrogen-bond acceptors (Lipinski definition) is 8. The third-order valence-electron chi connectivity index (χ3n) is 4.94. The second-order valence-electron chi connectivity index (χ2n) is 6.87. The first kappa shape index (κ1) is 19.7. The van der Waals surface area contributed by atoms with Gasteiger partial charge in [0.05, 0.1) is 16.3 Å². The number of benzene rings is 1. The Bertz CT molecular complexity index is 1120. The lowest BCUT2D eigenvalue weighted by molar-refractivity contribution is 0.137. The maximum absolute atomic E-state index is 12.1. The average Bonchev–Trinajstić information content (AvgIpc) is 3.39. The maximum atomic E-state index is 12.1. The van der Waals surface area contributed by atoms with E-state index in [0.717, 1.165) is 16.1 Å². The van der Waals surface area contributed by atoms with Crippen molar-refractivity contribution in [2.24, 2.45) is 0 Å². The molecule has 1 aliphatic rings. The second kappa shape index (κ2) is 7.32. The Labute approximate surface area is 173 Å². The third-order valence-corrected chi connectivity index (χ3v) is 7.87. The Morgan fingerprint density at radius 2 is 2.00 bits per heavy atom. The number of aryl methyl sites for hydroxylation is 1. The molecule has 29 heavy (non-hydrogen) atoms. The molecule has 1 atom stereocenters. The van der Waals surface area contributed by atoms with Gasteiger partial charge < -0.3 is 15.7 Å². The Kier molecular flexibility index (Phi) is 4.97. The van der Waals surface area contributed by atoms with Gasteiger partial charge in [-0.2, -0.15) is 9.67 Å². The zero-order valence-corrected chi connectivity index (χ0v) is 17.7. The van der Waals surface area contributed by atoms with Gasteiger partial charge in [0.2, 0.25) is 16.0 Å². The molecule has 0 spiro atoms. The molecular formula is C18H22N6O3S2. The Morgan fingerprint density at radius 3 is 2.59 bits per heavy atom. The molecule has 2 aromatic heterocycles. The lowest BCUT2D eigenvalue weighted by atomic mass is 10.2. The van der Waals surface area contributed by atoms with Gasteiger partial charge in [0.15, 0.2) is 6.23 Å². The number of nitrogens with two attached hydrogens (primary N) is 1. The highest BCUT2D eigenvalue weighted by molar-refractivity contribution is 7.93. The van der Waals surface area contributed by atoms with Gasteiger partial charge in [-0.3, -0.25) is 4.31 Å². The molecule has 3 N–H and O–H groups in total. The van der Waals surface area contributed by atoms with Crippen molar-refractivity contribution in [2.45, 2.75) is 19.6 Å². The molecule has 0 aliphatic carbocycles. The third kappa shape index (κ3) is 3.56. The van der Waals surface area contributed by atoms with Crippen LogP contribution in [0.1, 0.15) is 23.1 Å². The van der Waals surface area contributed by atoms with E-state index in [9.17, 15) is 13.5 Å². The summed E-state index contributed by atoms with van der Waals surface area (Å²) in [6, 6.07) is 9.06. The smallest absolute Gasteiger partial charge is 0.250 e. The van der Waals surface area contributed by atoms with Crippen LogP contribution in [0.2, 0.25) is 0 Å². The van der Waals surface area contributed by atoms with Gasteiger partial charge in [-0.05, 0) is 54.6 Å². The average molecular weight is 435 g/mol. The highest BCUT2D eigenvalue weighted by Gasteiger charge is 2.28. The Balaban J connectivity index is 1.57. The van der Waals surface area contributed by atoms with Crippen molar-refractivity contribution in [2.75, 3.05) is 34.3 Å². The van der Waals surface area contributed by atoms with E-state index in [1.807, 2.05) is 18.4 Å². The summed E-state index contributed by atoms with van der Waals surface area (Å²) in [4.78, 5) is 6.75. The first-order valence-corrected chi connectivity index (χ1v) is 11.5. The van der Waals surface area contributed by atoms with Gasteiger partial charge in [0.1, 0.15) is 0 Å². The summed E-state index contributed by atoms with van der Waals surface area (Å²) in [5.41, 5.74) is 8.35. The number of anilines is 4. The van der Waals surface area contributed by atoms with Crippen LogP contribution in [0.15, 0.2) is 35.7 Å². The van der Waals surface area contributed by atoms with E-state index in [2.05, 4.69) is 10.1 Å². The maximum Gasteiger partial charge on any atom is 0.250 e. The van der Waals surface area contributed by atoms with Gasteiger partial charge in [-0.1, -0.05) is 0 Å². The van der Waals surface area contributed by atoms with Gasteiger partial charge in [0.25, 0.3) is 5.95 Å². The van der Waals surface area contributed by atoms with E-state index in [1.54, 1.807) is 36.2 Å². The van der Waals surface area contributed by atoms with E-state index in [-0.39, 0.29) is 11.7 Å². The monoisotopic (exact) mass is 434 g/mol. The van der Waals surface area contributed by atoms with Crippen LogP contribution in [0.3, 0.4) is 0 Å². The summed E-state index contributed by atoms with van der Waals surface area (Å²) < 4.78 is 26.9. The van der Waals surface area contributed by atoms with E-state index in [4.69, 9.17) is 5.73 Å². The molecule has 4 rings (SSSR count). The predicted molar refractivity (Wildman–Crippen MR) is 114 cm³/mol. The highest BCUT2D eigenvalue weighted by atomic mass is 32.2. The van der Waals surface area contributed by atoms with Crippen LogP contribution in [0.4, 0.5) is 23.3 Å². The molecule has 1 aliphatic heterocycles. The fourth-order valence-electron chi connectivity index (χ4n) is 3.29. The van der Waals surface area contributed by atoms with Crippen molar-refractivity contribution >= 4 is 44.6 Å². The minimum Gasteiger partial charge on any atom is -0.368 e. The van der Waals surface area contributed by atoms with Crippen LogP contribution in [0.5, 0.6) is 0 Å². The second-order valence-corrected chi connectivity index (χ2v) is 9.83. The molecule has 0 saturated carbocycles. The van der Waals surface area contributed by atoms with Gasteiger partial charge in [0, 0.05) is 19.3 Å². The number of nitrogens with zero attached hydrogens (tertiary/aromatic N) is 5. The molecule has 1 saturated heterocycles. The van der Waals surface area contributed by atoms with Crippen LogP contribution in [-0.4, -0.2) is 47.6 Å². The van der Waals surface area contributed by atoms with Crippen LogP contribution in [-0.2, 0) is 10.0 Å². The van der Waals surface area contributed by atoms with Crippen molar-refractivity contribution in [1.82, 2.24) is 14.8 Å². The lowest BCUT2D eigenvalue weighted by Crippen LogP contribution is -2.25. The summed E-state index contributed by atoms with van der Waals surface area (Å²) >= 11 is 1.43. The van der Waals surface area contributed by atoms with Crippen LogP contribution >= 0.6 is 11.3 Å². The van der Waals surface area contributed by atoms with E-state index in [1.165, 1.54) is 20.3 Å². The Morgan fingerprint density at radius 1 is 1.28 bits per heavy atom. The van der Waals surface area contributed by atoms with Crippen molar-refractivity contribution in [3.05, 3.63) is 46.2 Å². The summed E-state index contributed by atoms with van der Waals surface area (Å²) in [6.07, 6.45) is -0.371. The zero-order valence-electron chi connectivity index (χ0n) is 16.1. The highest BCUT2D eigenvalue weighted by Crippen LogP contribution is 2.30. The molecule has 0 bridgehead atoms. The summed E-state index contributed by atoms with van der Waals surface area (Å²) in [5, 5.41) is 16.9. The number of aliphatic hydroxyl groups is 1. The number of sulfonamides is 1. The molecule has 11 heteroatoms. The van der Waals surface area contributed by atoms with Gasteiger partial charge in [-0.25, -0.2) is 8.42 Å². The largest absolute Gasteiger partial charge is 0.368 e. The standard InChI is InChI=1S/C18H22N6O3S2/c1-12-8-10-28-15(12)16(25)24-17(19)20-18(21-24)22(2)13-4-6-14(7-5-13)23-9-3-11-29(23,26)27/h4-8,10,16,25H,3,9,11H2,1-2H3,(H2,19,20,21). The van der Waals surface area contributed by atoms with E-state index in [0.29, 0.717) is 24.6 Å². The van der Waals surface area contributed by atoms with Crippen molar-refractivity contribution in [3.63, 3.8) is 0 Å². The molecule has 9 nitrogen and oxygen atoms in total. The van der Waals surface area contributed by atoms with Gasteiger partial charge in [-0.15, -0.1) is 16.4 Å². The molecular weight excluding hydrogens is 412 g/mol. The molecule has 154 valence electrons. The minimum atomic E-state index is -3.21. The van der Waals surface area contributed by atoms with Crippen LogP contribution < -0.4 is 14.9 Å². The first-order valence-electron chi connectivity index (χ1n) is 9.06. The number of hydrogen-bond donors (Lipinski definition) is 2. The predicted octanol–water partition coefficient (Wildman–Crippen LogP) is 2.08.